The van der Waals surface area contributed by atoms with E-state index in [0.29, 0.717) is 11.1 Å². The molecule has 0 bridgehead atoms. The number of aliphatic hydroxyl groups is 1. The standard InChI is InChI=1S/C19H20F3NO2/c1-5-14-10-12(2)6-8-16(14)13(3)18(25,19(20,21)22)15-7-9-17(24)23(4)11-15/h5-11,13,25H,1H2,2-4H3/t13-,18-/m1/s1. The minimum absolute atomic E-state index is 0.328. The molecule has 0 unspecified atom stereocenters. The molecule has 1 aromatic carbocycles. The van der Waals surface area contributed by atoms with Crippen LogP contribution in [0.5, 0.6) is 0 Å². The zero-order chi connectivity index (χ0) is 19.0. The van der Waals surface area contributed by atoms with Gasteiger partial charge in [0, 0.05) is 30.8 Å². The summed E-state index contributed by atoms with van der Waals surface area (Å²) < 4.78 is 42.7. The third kappa shape index (κ3) is 3.26. The normalized spacial score (nSPS) is 15.5. The number of pyridine rings is 1. The maximum absolute atomic E-state index is 13.9. The molecular weight excluding hydrogens is 331 g/mol. The van der Waals surface area contributed by atoms with Gasteiger partial charge in [0.05, 0.1) is 0 Å². The molecule has 0 aliphatic carbocycles. The van der Waals surface area contributed by atoms with Crippen LogP contribution in [0, 0.1) is 6.92 Å². The van der Waals surface area contributed by atoms with Crippen LogP contribution in [0.15, 0.2) is 47.9 Å². The first-order chi connectivity index (χ1) is 11.5. The molecule has 2 aromatic rings. The van der Waals surface area contributed by atoms with Gasteiger partial charge in [0.15, 0.2) is 5.60 Å². The van der Waals surface area contributed by atoms with Crippen LogP contribution >= 0.6 is 0 Å². The highest BCUT2D eigenvalue weighted by Gasteiger charge is 2.59. The van der Waals surface area contributed by atoms with E-state index < -0.39 is 23.3 Å². The van der Waals surface area contributed by atoms with Gasteiger partial charge in [0.2, 0.25) is 5.56 Å². The number of nitrogens with zero attached hydrogens (tertiary/aromatic N) is 1. The van der Waals surface area contributed by atoms with Crippen LogP contribution in [0.4, 0.5) is 13.2 Å². The Labute approximate surface area is 144 Å². The first kappa shape index (κ1) is 19.0. The van der Waals surface area contributed by atoms with Gasteiger partial charge in [-0.15, -0.1) is 0 Å². The number of hydrogen-bond donors (Lipinski definition) is 1. The summed E-state index contributed by atoms with van der Waals surface area (Å²) >= 11 is 0. The molecule has 0 saturated carbocycles. The number of rotatable bonds is 4. The van der Waals surface area contributed by atoms with Gasteiger partial charge < -0.3 is 9.67 Å². The first-order valence-corrected chi connectivity index (χ1v) is 7.71. The van der Waals surface area contributed by atoms with Crippen molar-refractivity contribution in [1.82, 2.24) is 4.57 Å². The van der Waals surface area contributed by atoms with Crippen LogP contribution in [0.2, 0.25) is 0 Å². The third-order valence-electron chi connectivity index (χ3n) is 4.51. The fourth-order valence-corrected chi connectivity index (χ4v) is 2.97. The highest BCUT2D eigenvalue weighted by molar-refractivity contribution is 5.55. The van der Waals surface area contributed by atoms with E-state index in [1.165, 1.54) is 20.0 Å². The van der Waals surface area contributed by atoms with Gasteiger partial charge in [-0.3, -0.25) is 4.79 Å². The quantitative estimate of drug-likeness (QED) is 0.908. The molecule has 2 atom stereocenters. The molecule has 134 valence electrons. The lowest BCUT2D eigenvalue weighted by atomic mass is 9.76. The zero-order valence-electron chi connectivity index (χ0n) is 14.3. The fourth-order valence-electron chi connectivity index (χ4n) is 2.97. The molecule has 0 fully saturated rings. The Bertz CT molecular complexity index is 854. The number of alkyl halides is 3. The van der Waals surface area contributed by atoms with E-state index in [4.69, 9.17) is 0 Å². The number of benzene rings is 1. The van der Waals surface area contributed by atoms with Crippen molar-refractivity contribution < 1.29 is 18.3 Å². The number of aryl methyl sites for hydroxylation is 2. The Balaban J connectivity index is 2.71. The highest BCUT2D eigenvalue weighted by Crippen LogP contribution is 2.49. The molecule has 6 heteroatoms. The lowest BCUT2D eigenvalue weighted by Gasteiger charge is -2.37. The zero-order valence-corrected chi connectivity index (χ0v) is 14.3. The van der Waals surface area contributed by atoms with Crippen molar-refractivity contribution in [2.24, 2.45) is 7.05 Å². The lowest BCUT2D eigenvalue weighted by Crippen LogP contribution is -2.47. The van der Waals surface area contributed by atoms with Gasteiger partial charge in [-0.05, 0) is 24.1 Å². The van der Waals surface area contributed by atoms with Crippen LogP contribution in [0.25, 0.3) is 6.08 Å². The van der Waals surface area contributed by atoms with Gasteiger partial charge >= 0.3 is 6.18 Å². The molecule has 1 N–H and O–H groups in total. The molecule has 0 radical (unpaired) electrons. The summed E-state index contributed by atoms with van der Waals surface area (Å²) in [5.41, 5.74) is -2.25. The van der Waals surface area contributed by atoms with Gasteiger partial charge in [0.25, 0.3) is 0 Å². The van der Waals surface area contributed by atoms with E-state index in [2.05, 4.69) is 6.58 Å². The Kier molecular flexibility index (Phi) is 4.95. The summed E-state index contributed by atoms with van der Waals surface area (Å²) in [6.45, 7) is 6.79. The summed E-state index contributed by atoms with van der Waals surface area (Å²) in [7, 11) is 1.34. The predicted octanol–water partition coefficient (Wildman–Crippen LogP) is 3.89. The number of aromatic nitrogens is 1. The average Bonchev–Trinajstić information content (AvgIpc) is 2.54. The van der Waals surface area contributed by atoms with Crippen molar-refractivity contribution in [3.05, 3.63) is 75.7 Å². The Hall–Kier alpha value is -2.34. The van der Waals surface area contributed by atoms with E-state index in [9.17, 15) is 23.1 Å². The van der Waals surface area contributed by atoms with Crippen molar-refractivity contribution in [3.63, 3.8) is 0 Å². The number of hydrogen-bond acceptors (Lipinski definition) is 2. The van der Waals surface area contributed by atoms with Crippen LogP contribution in [0.3, 0.4) is 0 Å². The van der Waals surface area contributed by atoms with E-state index >= 15 is 0 Å². The highest BCUT2D eigenvalue weighted by atomic mass is 19.4. The summed E-state index contributed by atoms with van der Waals surface area (Å²) in [5.74, 6) is -1.31. The van der Waals surface area contributed by atoms with Crippen molar-refractivity contribution in [2.75, 3.05) is 0 Å². The second-order valence-corrected chi connectivity index (χ2v) is 6.19. The van der Waals surface area contributed by atoms with E-state index in [1.54, 1.807) is 18.2 Å². The van der Waals surface area contributed by atoms with Crippen LogP contribution in [-0.2, 0) is 12.6 Å². The van der Waals surface area contributed by atoms with Crippen molar-refractivity contribution in [2.45, 2.75) is 31.5 Å². The Morgan fingerprint density at radius 3 is 2.40 bits per heavy atom. The molecular formula is C19H20F3NO2. The maximum atomic E-state index is 13.9. The molecule has 1 heterocycles. The number of halogens is 3. The molecule has 0 saturated heterocycles. The average molecular weight is 351 g/mol. The molecule has 0 aliphatic rings. The summed E-state index contributed by atoms with van der Waals surface area (Å²) in [6.07, 6.45) is -2.45. The second kappa shape index (κ2) is 6.52. The van der Waals surface area contributed by atoms with Gasteiger partial charge in [-0.1, -0.05) is 43.3 Å². The van der Waals surface area contributed by atoms with Crippen molar-refractivity contribution in [3.8, 4) is 0 Å². The summed E-state index contributed by atoms with van der Waals surface area (Å²) in [4.78, 5) is 11.5. The molecule has 0 amide bonds. The van der Waals surface area contributed by atoms with Crippen molar-refractivity contribution >= 4 is 6.08 Å². The monoisotopic (exact) mass is 351 g/mol. The van der Waals surface area contributed by atoms with E-state index in [-0.39, 0.29) is 5.56 Å². The molecule has 3 nitrogen and oxygen atoms in total. The smallest absolute Gasteiger partial charge is 0.376 e. The lowest BCUT2D eigenvalue weighted by molar-refractivity contribution is -0.274. The molecule has 0 spiro atoms. The van der Waals surface area contributed by atoms with Crippen molar-refractivity contribution in [1.29, 1.82) is 0 Å². The molecule has 0 aliphatic heterocycles. The van der Waals surface area contributed by atoms with Crippen LogP contribution in [0.1, 0.15) is 35.1 Å². The second-order valence-electron chi connectivity index (χ2n) is 6.19. The first-order valence-electron chi connectivity index (χ1n) is 7.71. The van der Waals surface area contributed by atoms with Gasteiger partial charge in [-0.25, -0.2) is 0 Å². The largest absolute Gasteiger partial charge is 0.422 e. The molecule has 1 aromatic heterocycles. The predicted molar refractivity (Wildman–Crippen MR) is 91.3 cm³/mol. The molecule has 25 heavy (non-hydrogen) atoms. The Morgan fingerprint density at radius 2 is 1.88 bits per heavy atom. The topological polar surface area (TPSA) is 42.2 Å². The third-order valence-corrected chi connectivity index (χ3v) is 4.51. The van der Waals surface area contributed by atoms with Crippen LogP contribution < -0.4 is 5.56 Å². The van der Waals surface area contributed by atoms with E-state index in [0.717, 1.165) is 28.5 Å². The maximum Gasteiger partial charge on any atom is 0.422 e. The van der Waals surface area contributed by atoms with Gasteiger partial charge in [-0.2, -0.15) is 13.2 Å². The van der Waals surface area contributed by atoms with E-state index in [1.807, 2.05) is 6.92 Å². The minimum Gasteiger partial charge on any atom is -0.376 e. The molecule has 2 rings (SSSR count). The van der Waals surface area contributed by atoms with Gasteiger partial charge in [0.1, 0.15) is 0 Å². The summed E-state index contributed by atoms with van der Waals surface area (Å²) in [5, 5.41) is 10.8. The summed E-state index contributed by atoms with van der Waals surface area (Å²) in [6, 6.07) is 7.01. The fraction of sp³-hybridized carbons (Fsp3) is 0.316. The van der Waals surface area contributed by atoms with Crippen LogP contribution in [-0.4, -0.2) is 15.8 Å². The minimum atomic E-state index is -4.94. The SMILES string of the molecule is C=Cc1cc(C)ccc1[C@@H](C)[C@@](O)(c1ccc(=O)n(C)c1)C(F)(F)F. The Morgan fingerprint density at radius 1 is 1.24 bits per heavy atom.